The van der Waals surface area contributed by atoms with Crippen molar-refractivity contribution in [2.24, 2.45) is 0 Å². The van der Waals surface area contributed by atoms with Gasteiger partial charge in [0.1, 0.15) is 17.7 Å². The Kier molecular flexibility index (Phi) is 10.4. The Morgan fingerprint density at radius 3 is 2.36 bits per heavy atom. The number of amides is 3. The number of carbonyl (C=O) groups excluding carboxylic acids is 3. The second-order valence-corrected chi connectivity index (χ2v) is 14.8. The molecule has 3 amide bonds. The van der Waals surface area contributed by atoms with E-state index in [9.17, 15) is 22.8 Å². The van der Waals surface area contributed by atoms with Gasteiger partial charge in [0.05, 0.1) is 11.0 Å². The first-order chi connectivity index (χ1) is 22.3. The lowest BCUT2D eigenvalue weighted by Gasteiger charge is -2.29. The van der Waals surface area contributed by atoms with Gasteiger partial charge in [0.15, 0.2) is 0 Å². The quantitative estimate of drug-likeness (QED) is 0.281. The fourth-order valence-electron chi connectivity index (χ4n) is 6.04. The molecule has 1 heterocycles. The monoisotopic (exact) mass is 661 g/mol. The summed E-state index contributed by atoms with van der Waals surface area (Å²) in [4.78, 5) is 42.3. The van der Waals surface area contributed by atoms with E-state index in [0.717, 1.165) is 30.4 Å². The van der Waals surface area contributed by atoms with Gasteiger partial charge in [0.2, 0.25) is 11.8 Å². The van der Waals surface area contributed by atoms with Crippen molar-refractivity contribution in [1.82, 2.24) is 10.2 Å². The summed E-state index contributed by atoms with van der Waals surface area (Å²) in [7, 11) is -4.19. The van der Waals surface area contributed by atoms with Crippen LogP contribution in [0.4, 0.5) is 10.5 Å². The summed E-state index contributed by atoms with van der Waals surface area (Å²) in [6.07, 6.45) is 1.87. The molecule has 250 valence electrons. The third-order valence-corrected chi connectivity index (χ3v) is 9.72. The zero-order chi connectivity index (χ0) is 33.8. The molecule has 11 heteroatoms. The predicted octanol–water partition coefficient (Wildman–Crippen LogP) is 5.32. The van der Waals surface area contributed by atoms with Crippen LogP contribution in [0.2, 0.25) is 0 Å². The molecular weight excluding hydrogens is 618 g/mol. The summed E-state index contributed by atoms with van der Waals surface area (Å²) in [6, 6.07) is 19.5. The highest BCUT2D eigenvalue weighted by atomic mass is 32.2. The smallest absolute Gasteiger partial charge is 0.408 e. The Balaban J connectivity index is 1.40. The topological polar surface area (TPSA) is 131 Å². The largest absolute Gasteiger partial charge is 0.444 e. The van der Waals surface area contributed by atoms with Crippen LogP contribution in [0.1, 0.15) is 62.3 Å². The molecule has 1 fully saturated rings. The van der Waals surface area contributed by atoms with Crippen molar-refractivity contribution in [2.45, 2.75) is 94.9 Å². The maximum atomic E-state index is 14.3. The molecule has 0 saturated carbocycles. The Bertz CT molecular complexity index is 1700. The zero-order valence-electron chi connectivity index (χ0n) is 27.3. The minimum atomic E-state index is -4.19. The van der Waals surface area contributed by atoms with Crippen LogP contribution in [-0.4, -0.2) is 61.6 Å². The van der Waals surface area contributed by atoms with Gasteiger partial charge in [-0.05, 0) is 101 Å². The van der Waals surface area contributed by atoms with Crippen molar-refractivity contribution >= 4 is 33.7 Å². The number of nitrogens with zero attached hydrogens (tertiary/aromatic N) is 1. The number of carbonyl (C=O) groups is 3. The average Bonchev–Trinajstić information content (AvgIpc) is 3.65. The summed E-state index contributed by atoms with van der Waals surface area (Å²) in [5, 5.41) is 5.65. The maximum Gasteiger partial charge on any atom is 0.408 e. The number of rotatable bonds is 10. The van der Waals surface area contributed by atoms with Crippen molar-refractivity contribution in [1.29, 1.82) is 0 Å². The van der Waals surface area contributed by atoms with E-state index in [2.05, 4.69) is 10.6 Å². The van der Waals surface area contributed by atoms with Gasteiger partial charge < -0.3 is 20.3 Å². The molecule has 0 radical (unpaired) electrons. The number of anilines is 1. The van der Waals surface area contributed by atoms with Gasteiger partial charge in [-0.2, -0.15) is 8.42 Å². The van der Waals surface area contributed by atoms with Gasteiger partial charge in [-0.1, -0.05) is 54.1 Å². The average molecular weight is 662 g/mol. The lowest BCUT2D eigenvalue weighted by Crippen LogP contribution is -2.53. The molecular formula is C36H43N3O7S. The van der Waals surface area contributed by atoms with E-state index in [-0.39, 0.29) is 24.3 Å². The second-order valence-electron chi connectivity index (χ2n) is 13.3. The predicted molar refractivity (Wildman–Crippen MR) is 178 cm³/mol. The first kappa shape index (κ1) is 34.1. The zero-order valence-corrected chi connectivity index (χ0v) is 28.1. The standard InChI is InChI=1S/C36H43N3O7S/c1-24-13-18-30(19-14-24)47(43,44)46-29-22-32(33(40)37-28-17-16-26-11-8-12-27(26)21-28)39(23-29)34(41)31(38-35(42)45-36(2,3)4)20-15-25-9-6-5-7-10-25/h5-7,9-10,13-14,16-19,21,29,31-32H,8,11-12,15,20,22-23H2,1-4H3,(H,37,40)(H,38,42)/t29-,31-,32-/m0/s1. The summed E-state index contributed by atoms with van der Waals surface area (Å²) >= 11 is 0. The van der Waals surface area contributed by atoms with E-state index < -0.39 is 51.8 Å². The normalized spacial score (nSPS) is 18.3. The number of aryl methyl sites for hydroxylation is 4. The molecule has 1 aliphatic heterocycles. The first-order valence-electron chi connectivity index (χ1n) is 16.0. The highest BCUT2D eigenvalue weighted by Crippen LogP contribution is 2.29. The molecule has 0 bridgehead atoms. The lowest BCUT2D eigenvalue weighted by atomic mass is 10.0. The Labute approximate surface area is 277 Å². The highest BCUT2D eigenvalue weighted by Gasteiger charge is 2.44. The van der Waals surface area contributed by atoms with Gasteiger partial charge >= 0.3 is 6.09 Å². The van der Waals surface area contributed by atoms with E-state index in [1.54, 1.807) is 32.9 Å². The number of hydrogen-bond donors (Lipinski definition) is 2. The summed E-state index contributed by atoms with van der Waals surface area (Å²) in [5.74, 6) is -0.992. The van der Waals surface area contributed by atoms with Crippen molar-refractivity contribution in [2.75, 3.05) is 11.9 Å². The maximum absolute atomic E-state index is 14.3. The molecule has 10 nitrogen and oxygen atoms in total. The van der Waals surface area contributed by atoms with Crippen LogP contribution >= 0.6 is 0 Å². The number of hydrogen-bond acceptors (Lipinski definition) is 7. The fourth-order valence-corrected chi connectivity index (χ4v) is 7.12. The molecule has 47 heavy (non-hydrogen) atoms. The first-order valence-corrected chi connectivity index (χ1v) is 17.4. The summed E-state index contributed by atoms with van der Waals surface area (Å²) in [6.45, 7) is 6.86. The Morgan fingerprint density at radius 1 is 0.957 bits per heavy atom. The van der Waals surface area contributed by atoms with Crippen LogP contribution in [-0.2, 0) is 47.9 Å². The number of alkyl carbamates (subject to hydrolysis) is 1. The van der Waals surface area contributed by atoms with Crippen LogP contribution in [0.3, 0.4) is 0 Å². The number of ether oxygens (including phenoxy) is 1. The van der Waals surface area contributed by atoms with Gasteiger partial charge in [-0.15, -0.1) is 0 Å². The molecule has 3 aromatic rings. The highest BCUT2D eigenvalue weighted by molar-refractivity contribution is 7.86. The second kappa shape index (κ2) is 14.3. The number of nitrogens with one attached hydrogen (secondary N) is 2. The van der Waals surface area contributed by atoms with E-state index in [1.165, 1.54) is 28.2 Å². The third kappa shape index (κ3) is 8.99. The summed E-state index contributed by atoms with van der Waals surface area (Å²) in [5.41, 5.74) is 4.09. The molecule has 1 aliphatic carbocycles. The van der Waals surface area contributed by atoms with Gasteiger partial charge in [-0.25, -0.2) is 4.79 Å². The van der Waals surface area contributed by atoms with Crippen LogP contribution in [0, 0.1) is 6.92 Å². The molecule has 5 rings (SSSR count). The van der Waals surface area contributed by atoms with Gasteiger partial charge in [0.25, 0.3) is 10.1 Å². The van der Waals surface area contributed by atoms with Crippen molar-refractivity contribution in [3.05, 3.63) is 95.1 Å². The number of likely N-dealkylation sites (tertiary alicyclic amines) is 1. The molecule has 3 atom stereocenters. The number of benzene rings is 3. The van der Waals surface area contributed by atoms with Crippen molar-refractivity contribution in [3.63, 3.8) is 0 Å². The molecule has 1 saturated heterocycles. The molecule has 0 spiro atoms. The van der Waals surface area contributed by atoms with E-state index >= 15 is 0 Å². The van der Waals surface area contributed by atoms with Gasteiger partial charge in [0, 0.05) is 18.7 Å². The molecule has 0 aromatic heterocycles. The minimum Gasteiger partial charge on any atom is -0.444 e. The Morgan fingerprint density at radius 2 is 1.66 bits per heavy atom. The van der Waals surface area contributed by atoms with Crippen LogP contribution in [0.5, 0.6) is 0 Å². The Hall–Kier alpha value is -4.22. The van der Waals surface area contributed by atoms with Crippen LogP contribution < -0.4 is 10.6 Å². The number of fused-ring (bicyclic) bond motifs is 1. The molecule has 2 N–H and O–H groups in total. The summed E-state index contributed by atoms with van der Waals surface area (Å²) < 4.78 is 37.5. The van der Waals surface area contributed by atoms with E-state index in [1.807, 2.05) is 55.5 Å². The van der Waals surface area contributed by atoms with Gasteiger partial charge in [-0.3, -0.25) is 13.8 Å². The fraction of sp³-hybridized carbons (Fsp3) is 0.417. The van der Waals surface area contributed by atoms with Crippen LogP contribution in [0.15, 0.2) is 77.7 Å². The lowest BCUT2D eigenvalue weighted by molar-refractivity contribution is -0.138. The molecule has 3 aromatic carbocycles. The van der Waals surface area contributed by atoms with Crippen molar-refractivity contribution in [3.8, 4) is 0 Å². The van der Waals surface area contributed by atoms with Crippen LogP contribution in [0.25, 0.3) is 0 Å². The van der Waals surface area contributed by atoms with E-state index in [0.29, 0.717) is 12.1 Å². The molecule has 2 aliphatic rings. The third-order valence-electron chi connectivity index (χ3n) is 8.34. The van der Waals surface area contributed by atoms with Crippen molar-refractivity contribution < 1.29 is 31.7 Å². The minimum absolute atomic E-state index is 0.0145. The SMILES string of the molecule is Cc1ccc(S(=O)(=O)O[C@H]2C[C@@H](C(=O)Nc3ccc4c(c3)CCC4)N(C(=O)[C@H](CCc3ccccc3)NC(=O)OC(C)(C)C)C2)cc1. The molecule has 0 unspecified atom stereocenters. The van der Waals surface area contributed by atoms with E-state index in [4.69, 9.17) is 8.92 Å².